The van der Waals surface area contributed by atoms with Gasteiger partial charge < -0.3 is 10.2 Å². The molecule has 0 radical (unpaired) electrons. The Kier molecular flexibility index (Phi) is 3.98. The first-order valence-electron chi connectivity index (χ1n) is 7.36. The summed E-state index contributed by atoms with van der Waals surface area (Å²) in [7, 11) is 0. The van der Waals surface area contributed by atoms with E-state index in [4.69, 9.17) is 0 Å². The molecule has 0 saturated heterocycles. The summed E-state index contributed by atoms with van der Waals surface area (Å²) >= 11 is 3.37. The van der Waals surface area contributed by atoms with Crippen molar-refractivity contribution in [2.45, 2.75) is 19.3 Å². The fraction of sp³-hybridized carbons (Fsp3) is 0.222. The minimum atomic E-state index is -0.605. The molecule has 1 heterocycles. The largest absolute Gasteiger partial charge is 0.324 e. The predicted molar refractivity (Wildman–Crippen MR) is 94.6 cm³/mol. The molecule has 2 aromatic carbocycles. The minimum Gasteiger partial charge on any atom is -0.324 e. The van der Waals surface area contributed by atoms with Crippen LogP contribution in [0.5, 0.6) is 0 Å². The van der Waals surface area contributed by atoms with Crippen LogP contribution in [0.1, 0.15) is 19.4 Å². The van der Waals surface area contributed by atoms with Crippen LogP contribution in [0.25, 0.3) is 0 Å². The van der Waals surface area contributed by atoms with Gasteiger partial charge in [-0.25, -0.2) is 0 Å². The molecule has 1 N–H and O–H groups in total. The van der Waals surface area contributed by atoms with Crippen molar-refractivity contribution < 1.29 is 9.59 Å². The Hall–Kier alpha value is -2.14. The predicted octanol–water partition coefficient (Wildman–Crippen LogP) is 3.71. The zero-order valence-corrected chi connectivity index (χ0v) is 14.6. The van der Waals surface area contributed by atoms with E-state index >= 15 is 0 Å². The quantitative estimate of drug-likeness (QED) is 0.892. The molecule has 23 heavy (non-hydrogen) atoms. The van der Waals surface area contributed by atoms with Crippen LogP contribution >= 0.6 is 15.9 Å². The molecule has 2 amide bonds. The van der Waals surface area contributed by atoms with Crippen molar-refractivity contribution in [1.29, 1.82) is 0 Å². The second-order valence-electron chi connectivity index (χ2n) is 6.09. The number of nitrogens with zero attached hydrogens (tertiary/aromatic N) is 1. The van der Waals surface area contributed by atoms with Gasteiger partial charge in [0.1, 0.15) is 6.54 Å². The number of anilines is 2. The van der Waals surface area contributed by atoms with Gasteiger partial charge in [-0.3, -0.25) is 9.59 Å². The van der Waals surface area contributed by atoms with Gasteiger partial charge in [-0.15, -0.1) is 0 Å². The van der Waals surface area contributed by atoms with E-state index in [1.165, 1.54) is 0 Å². The summed E-state index contributed by atoms with van der Waals surface area (Å²) < 4.78 is 0.888. The summed E-state index contributed by atoms with van der Waals surface area (Å²) in [5, 5.41) is 2.83. The summed E-state index contributed by atoms with van der Waals surface area (Å²) in [5.74, 6) is -0.271. The van der Waals surface area contributed by atoms with Crippen molar-refractivity contribution in [2.75, 3.05) is 16.8 Å². The smallest absolute Gasteiger partial charge is 0.244 e. The molecule has 0 aromatic heterocycles. The van der Waals surface area contributed by atoms with Crippen molar-refractivity contribution in [3.8, 4) is 0 Å². The van der Waals surface area contributed by atoms with Crippen LogP contribution in [-0.2, 0) is 15.0 Å². The number of hydrogen-bond acceptors (Lipinski definition) is 2. The van der Waals surface area contributed by atoms with Crippen molar-refractivity contribution in [3.63, 3.8) is 0 Å². The molecule has 0 fully saturated rings. The number of amides is 2. The summed E-state index contributed by atoms with van der Waals surface area (Å²) in [6.07, 6.45) is 0. The van der Waals surface area contributed by atoms with Gasteiger partial charge in [0.15, 0.2) is 0 Å². The van der Waals surface area contributed by atoms with Gasteiger partial charge >= 0.3 is 0 Å². The first-order valence-corrected chi connectivity index (χ1v) is 8.16. The second-order valence-corrected chi connectivity index (χ2v) is 7.01. The van der Waals surface area contributed by atoms with Crippen LogP contribution < -0.4 is 10.2 Å². The molecule has 1 aliphatic rings. The Morgan fingerprint density at radius 1 is 1.17 bits per heavy atom. The van der Waals surface area contributed by atoms with E-state index in [1.807, 2.05) is 62.4 Å². The van der Waals surface area contributed by atoms with Crippen LogP contribution in [0.15, 0.2) is 53.0 Å². The summed E-state index contributed by atoms with van der Waals surface area (Å²) in [5.41, 5.74) is 1.86. The third kappa shape index (κ3) is 2.88. The van der Waals surface area contributed by atoms with Crippen LogP contribution in [0.2, 0.25) is 0 Å². The van der Waals surface area contributed by atoms with E-state index < -0.39 is 5.41 Å². The maximum atomic E-state index is 12.7. The van der Waals surface area contributed by atoms with Crippen LogP contribution in [0.4, 0.5) is 11.4 Å². The lowest BCUT2D eigenvalue weighted by atomic mass is 9.86. The topological polar surface area (TPSA) is 49.4 Å². The lowest BCUT2D eigenvalue weighted by Crippen LogP contribution is -2.40. The lowest BCUT2D eigenvalue weighted by Gasteiger charge is -2.20. The molecule has 0 aliphatic carbocycles. The molecule has 5 heteroatoms. The third-order valence-electron chi connectivity index (χ3n) is 4.06. The average Bonchev–Trinajstić information content (AvgIpc) is 2.69. The van der Waals surface area contributed by atoms with E-state index in [2.05, 4.69) is 21.2 Å². The zero-order chi connectivity index (χ0) is 16.6. The number of halogens is 1. The van der Waals surface area contributed by atoms with Crippen LogP contribution in [-0.4, -0.2) is 18.4 Å². The molecule has 2 aromatic rings. The number of benzene rings is 2. The van der Waals surface area contributed by atoms with E-state index in [0.29, 0.717) is 5.69 Å². The lowest BCUT2D eigenvalue weighted by molar-refractivity contribution is -0.124. The van der Waals surface area contributed by atoms with Gasteiger partial charge in [-0.1, -0.05) is 40.2 Å². The number of para-hydroxylation sites is 1. The summed E-state index contributed by atoms with van der Waals surface area (Å²) in [6.45, 7) is 3.78. The molecular formula is C18H17BrN2O2. The number of carbonyl (C=O) groups excluding carboxylic acids is 2. The second kappa shape index (κ2) is 5.81. The first kappa shape index (κ1) is 15.7. The Labute approximate surface area is 143 Å². The van der Waals surface area contributed by atoms with Gasteiger partial charge in [0.05, 0.1) is 5.41 Å². The molecule has 0 saturated carbocycles. The molecule has 1 aliphatic heterocycles. The number of hydrogen-bond donors (Lipinski definition) is 1. The highest BCUT2D eigenvalue weighted by molar-refractivity contribution is 9.10. The normalized spacial score (nSPS) is 15.4. The van der Waals surface area contributed by atoms with Crippen LogP contribution in [0.3, 0.4) is 0 Å². The molecule has 0 bridgehead atoms. The highest BCUT2D eigenvalue weighted by Gasteiger charge is 2.44. The zero-order valence-electron chi connectivity index (χ0n) is 13.0. The molecule has 0 unspecified atom stereocenters. The Morgan fingerprint density at radius 3 is 2.65 bits per heavy atom. The monoisotopic (exact) mass is 372 g/mol. The standard InChI is InChI=1S/C18H17BrN2O2/c1-18(2)14-8-3-4-9-15(14)21(17(18)23)11-16(22)20-13-7-5-6-12(19)10-13/h3-10H,11H2,1-2H3,(H,20,22). The maximum absolute atomic E-state index is 12.7. The molecule has 0 atom stereocenters. The number of nitrogens with one attached hydrogen (secondary N) is 1. The Bertz CT molecular complexity index is 786. The Morgan fingerprint density at radius 2 is 1.91 bits per heavy atom. The van der Waals surface area contributed by atoms with Crippen molar-refractivity contribution >= 4 is 39.1 Å². The van der Waals surface area contributed by atoms with Gasteiger partial charge in [-0.2, -0.15) is 0 Å². The van der Waals surface area contributed by atoms with Gasteiger partial charge in [0.2, 0.25) is 11.8 Å². The molecule has 118 valence electrons. The molecule has 0 spiro atoms. The van der Waals surface area contributed by atoms with Crippen molar-refractivity contribution in [3.05, 3.63) is 58.6 Å². The van der Waals surface area contributed by atoms with Gasteiger partial charge in [-0.05, 0) is 43.7 Å². The SMILES string of the molecule is CC1(C)C(=O)N(CC(=O)Nc2cccc(Br)c2)c2ccccc21. The van der Waals surface area contributed by atoms with E-state index in [0.717, 1.165) is 15.7 Å². The number of fused-ring (bicyclic) bond motifs is 1. The summed E-state index contributed by atoms with van der Waals surface area (Å²) in [6, 6.07) is 15.0. The van der Waals surface area contributed by atoms with Crippen molar-refractivity contribution in [2.24, 2.45) is 0 Å². The maximum Gasteiger partial charge on any atom is 0.244 e. The highest BCUT2D eigenvalue weighted by Crippen LogP contribution is 2.41. The van der Waals surface area contributed by atoms with E-state index in [-0.39, 0.29) is 18.4 Å². The molecule has 3 rings (SSSR count). The fourth-order valence-corrected chi connectivity index (χ4v) is 3.27. The van der Waals surface area contributed by atoms with Gasteiger partial charge in [0, 0.05) is 15.8 Å². The number of rotatable bonds is 3. The fourth-order valence-electron chi connectivity index (χ4n) is 2.87. The van der Waals surface area contributed by atoms with Crippen molar-refractivity contribution in [1.82, 2.24) is 0 Å². The van der Waals surface area contributed by atoms with E-state index in [9.17, 15) is 9.59 Å². The first-order chi connectivity index (χ1) is 10.9. The number of carbonyl (C=O) groups is 2. The third-order valence-corrected chi connectivity index (χ3v) is 4.55. The summed E-state index contributed by atoms with van der Waals surface area (Å²) in [4.78, 5) is 26.5. The minimum absolute atomic E-state index is 0.00574. The molecule has 4 nitrogen and oxygen atoms in total. The van der Waals surface area contributed by atoms with Gasteiger partial charge in [0.25, 0.3) is 0 Å². The van der Waals surface area contributed by atoms with Crippen LogP contribution in [0, 0.1) is 0 Å². The highest BCUT2D eigenvalue weighted by atomic mass is 79.9. The van der Waals surface area contributed by atoms with E-state index in [1.54, 1.807) is 4.90 Å². The Balaban J connectivity index is 1.80. The molecular weight excluding hydrogens is 356 g/mol. The average molecular weight is 373 g/mol.